The summed E-state index contributed by atoms with van der Waals surface area (Å²) in [6, 6.07) is 1.12. The topological polar surface area (TPSA) is 23.5 Å². The van der Waals surface area contributed by atoms with E-state index in [1.165, 1.54) is 0 Å². The van der Waals surface area contributed by atoms with Crippen molar-refractivity contribution in [3.63, 3.8) is 0 Å². The maximum Gasteiger partial charge on any atom is 0.0635 e. The summed E-state index contributed by atoms with van der Waals surface area (Å²) in [5.74, 6) is 0.622. The highest BCUT2D eigenvalue weighted by Gasteiger charge is 2.34. The molecule has 0 amide bonds. The lowest BCUT2D eigenvalue weighted by Gasteiger charge is -2.37. The van der Waals surface area contributed by atoms with E-state index in [0.29, 0.717) is 18.0 Å². The first-order chi connectivity index (χ1) is 6.83. The van der Waals surface area contributed by atoms with Crippen LogP contribution in [0.25, 0.3) is 0 Å². The third-order valence-corrected chi connectivity index (χ3v) is 3.64. The van der Waals surface area contributed by atoms with Crippen LogP contribution in [0, 0.1) is 5.92 Å². The molecule has 1 N–H and O–H groups in total. The van der Waals surface area contributed by atoms with Crippen LogP contribution in [-0.2, 0) is 0 Å². The van der Waals surface area contributed by atoms with Gasteiger partial charge in [-0.05, 0) is 52.5 Å². The zero-order valence-corrected chi connectivity index (χ0v) is 11.0. The highest BCUT2D eigenvalue weighted by Crippen LogP contribution is 2.30. The summed E-state index contributed by atoms with van der Waals surface area (Å²) >= 11 is 0. The molecule has 1 heterocycles. The SMILES string of the molecule is CC(C)C1CC(C)(O)CCCN1C(C)C. The minimum Gasteiger partial charge on any atom is -0.390 e. The predicted molar refractivity (Wildman–Crippen MR) is 64.9 cm³/mol. The van der Waals surface area contributed by atoms with Gasteiger partial charge in [-0.2, -0.15) is 0 Å². The number of hydrogen-bond donors (Lipinski definition) is 1. The molecule has 1 aliphatic heterocycles. The van der Waals surface area contributed by atoms with Crippen LogP contribution in [0.3, 0.4) is 0 Å². The Morgan fingerprint density at radius 2 is 1.87 bits per heavy atom. The molecule has 15 heavy (non-hydrogen) atoms. The third-order valence-electron chi connectivity index (χ3n) is 3.64. The fourth-order valence-electron chi connectivity index (χ4n) is 2.74. The maximum atomic E-state index is 10.2. The van der Waals surface area contributed by atoms with Crippen LogP contribution >= 0.6 is 0 Å². The fraction of sp³-hybridized carbons (Fsp3) is 1.00. The molecule has 0 aromatic carbocycles. The lowest BCUT2D eigenvalue weighted by molar-refractivity contribution is 0.0161. The first-order valence-electron chi connectivity index (χ1n) is 6.31. The Morgan fingerprint density at radius 3 is 2.33 bits per heavy atom. The van der Waals surface area contributed by atoms with Crippen molar-refractivity contribution >= 4 is 0 Å². The van der Waals surface area contributed by atoms with Gasteiger partial charge in [0.1, 0.15) is 0 Å². The van der Waals surface area contributed by atoms with Crippen LogP contribution in [-0.4, -0.2) is 34.2 Å². The molecule has 0 radical (unpaired) electrons. The second-order valence-electron chi connectivity index (χ2n) is 5.95. The van der Waals surface area contributed by atoms with Crippen molar-refractivity contribution in [2.45, 2.75) is 71.6 Å². The Bertz CT molecular complexity index is 199. The van der Waals surface area contributed by atoms with E-state index in [1.54, 1.807) is 0 Å². The molecule has 0 aromatic heterocycles. The van der Waals surface area contributed by atoms with Crippen molar-refractivity contribution in [1.29, 1.82) is 0 Å². The highest BCUT2D eigenvalue weighted by molar-refractivity contribution is 4.89. The van der Waals surface area contributed by atoms with E-state index in [0.717, 1.165) is 25.8 Å². The van der Waals surface area contributed by atoms with Gasteiger partial charge in [0.25, 0.3) is 0 Å². The van der Waals surface area contributed by atoms with Crippen molar-refractivity contribution in [1.82, 2.24) is 4.90 Å². The molecule has 0 bridgehead atoms. The van der Waals surface area contributed by atoms with Crippen LogP contribution in [0.5, 0.6) is 0 Å². The quantitative estimate of drug-likeness (QED) is 0.762. The second-order valence-corrected chi connectivity index (χ2v) is 5.95. The van der Waals surface area contributed by atoms with Gasteiger partial charge in [0, 0.05) is 12.1 Å². The molecule has 0 spiro atoms. The van der Waals surface area contributed by atoms with Crippen molar-refractivity contribution in [3.05, 3.63) is 0 Å². The van der Waals surface area contributed by atoms with Gasteiger partial charge in [0.2, 0.25) is 0 Å². The summed E-state index contributed by atoms with van der Waals surface area (Å²) in [7, 11) is 0. The van der Waals surface area contributed by atoms with Gasteiger partial charge in [-0.25, -0.2) is 0 Å². The number of hydrogen-bond acceptors (Lipinski definition) is 2. The minimum absolute atomic E-state index is 0.460. The Morgan fingerprint density at radius 1 is 1.27 bits per heavy atom. The van der Waals surface area contributed by atoms with E-state index in [-0.39, 0.29) is 0 Å². The summed E-state index contributed by atoms with van der Waals surface area (Å²) in [6.07, 6.45) is 2.98. The van der Waals surface area contributed by atoms with E-state index >= 15 is 0 Å². The lowest BCUT2D eigenvalue weighted by Crippen LogP contribution is -2.45. The van der Waals surface area contributed by atoms with Gasteiger partial charge in [-0.3, -0.25) is 4.90 Å². The first-order valence-corrected chi connectivity index (χ1v) is 6.31. The molecule has 90 valence electrons. The van der Waals surface area contributed by atoms with E-state index in [1.807, 2.05) is 6.92 Å². The van der Waals surface area contributed by atoms with Gasteiger partial charge in [-0.1, -0.05) is 13.8 Å². The molecule has 1 saturated heterocycles. The van der Waals surface area contributed by atoms with Crippen LogP contribution in [0.2, 0.25) is 0 Å². The molecule has 0 aliphatic carbocycles. The summed E-state index contributed by atoms with van der Waals surface area (Å²) in [5, 5.41) is 10.2. The van der Waals surface area contributed by atoms with Crippen molar-refractivity contribution in [2.75, 3.05) is 6.54 Å². The van der Waals surface area contributed by atoms with E-state index in [9.17, 15) is 5.11 Å². The number of rotatable bonds is 2. The summed E-state index contributed by atoms with van der Waals surface area (Å²) < 4.78 is 0. The fourth-order valence-corrected chi connectivity index (χ4v) is 2.74. The van der Waals surface area contributed by atoms with Crippen molar-refractivity contribution in [2.24, 2.45) is 5.92 Å². The Kier molecular flexibility index (Phi) is 4.19. The molecular weight excluding hydrogens is 186 g/mol. The normalized spacial score (nSPS) is 34.8. The lowest BCUT2D eigenvalue weighted by atomic mass is 9.88. The standard InChI is InChI=1S/C13H27NO/c1-10(2)12-9-13(5,15)7-6-8-14(12)11(3)4/h10-12,15H,6-9H2,1-5H3. The average Bonchev–Trinajstić information content (AvgIpc) is 2.23. The molecule has 2 nitrogen and oxygen atoms in total. The maximum absolute atomic E-state index is 10.2. The van der Waals surface area contributed by atoms with Crippen LogP contribution in [0.15, 0.2) is 0 Å². The molecule has 0 saturated carbocycles. The van der Waals surface area contributed by atoms with Gasteiger partial charge >= 0.3 is 0 Å². The van der Waals surface area contributed by atoms with Crippen molar-refractivity contribution in [3.8, 4) is 0 Å². The molecule has 2 unspecified atom stereocenters. The van der Waals surface area contributed by atoms with Gasteiger partial charge in [-0.15, -0.1) is 0 Å². The average molecular weight is 213 g/mol. The summed E-state index contributed by atoms with van der Waals surface area (Å²) in [6.45, 7) is 12.2. The summed E-state index contributed by atoms with van der Waals surface area (Å²) in [4.78, 5) is 2.56. The van der Waals surface area contributed by atoms with Gasteiger partial charge in [0.15, 0.2) is 0 Å². The largest absolute Gasteiger partial charge is 0.390 e. The smallest absolute Gasteiger partial charge is 0.0635 e. The number of likely N-dealkylation sites (tertiary alicyclic amines) is 1. The third kappa shape index (κ3) is 3.46. The Balaban J connectivity index is 2.80. The Hall–Kier alpha value is -0.0800. The van der Waals surface area contributed by atoms with Gasteiger partial charge < -0.3 is 5.11 Å². The molecule has 1 aliphatic rings. The van der Waals surface area contributed by atoms with Gasteiger partial charge in [0.05, 0.1) is 5.60 Å². The molecule has 1 rings (SSSR count). The monoisotopic (exact) mass is 213 g/mol. The second kappa shape index (κ2) is 4.84. The van der Waals surface area contributed by atoms with E-state index < -0.39 is 5.60 Å². The summed E-state index contributed by atoms with van der Waals surface area (Å²) in [5.41, 5.74) is -0.460. The number of aliphatic hydroxyl groups is 1. The van der Waals surface area contributed by atoms with Crippen LogP contribution in [0.1, 0.15) is 53.9 Å². The molecule has 2 atom stereocenters. The van der Waals surface area contributed by atoms with Crippen LogP contribution in [0.4, 0.5) is 0 Å². The molecule has 2 heteroatoms. The van der Waals surface area contributed by atoms with Crippen molar-refractivity contribution < 1.29 is 5.11 Å². The Labute approximate surface area is 94.7 Å². The first kappa shape index (κ1) is 13.0. The zero-order valence-electron chi connectivity index (χ0n) is 11.0. The molecule has 0 aromatic rings. The highest BCUT2D eigenvalue weighted by atomic mass is 16.3. The predicted octanol–water partition coefficient (Wildman–Crippen LogP) is 2.66. The van der Waals surface area contributed by atoms with E-state index in [4.69, 9.17) is 0 Å². The molecular formula is C13H27NO. The van der Waals surface area contributed by atoms with E-state index in [2.05, 4.69) is 32.6 Å². The van der Waals surface area contributed by atoms with Crippen LogP contribution < -0.4 is 0 Å². The zero-order chi connectivity index (χ0) is 11.6. The number of nitrogens with zero attached hydrogens (tertiary/aromatic N) is 1. The minimum atomic E-state index is -0.460. The molecule has 1 fully saturated rings.